The second-order valence-corrected chi connectivity index (χ2v) is 7.03. The molecule has 1 N–H and O–H groups in total. The van der Waals surface area contributed by atoms with Crippen LogP contribution >= 0.6 is 11.6 Å². The molecular formula is C21H26ClN3O2. The minimum absolute atomic E-state index is 0.0487. The number of hydrogen-bond donors (Lipinski definition) is 1. The zero-order valence-electron chi connectivity index (χ0n) is 15.8. The molecular weight excluding hydrogens is 362 g/mol. The fourth-order valence-electron chi connectivity index (χ4n) is 3.46. The molecule has 0 bridgehead atoms. The molecule has 1 fully saturated rings. The number of likely N-dealkylation sites (N-methyl/N-ethyl adjacent to an activating group) is 1. The van der Waals surface area contributed by atoms with Crippen LogP contribution in [0.25, 0.3) is 0 Å². The molecule has 6 heteroatoms. The van der Waals surface area contributed by atoms with Gasteiger partial charge in [-0.3, -0.25) is 9.69 Å². The lowest BCUT2D eigenvalue weighted by Gasteiger charge is -2.38. The van der Waals surface area contributed by atoms with Crippen molar-refractivity contribution < 1.29 is 9.53 Å². The van der Waals surface area contributed by atoms with Gasteiger partial charge in [0.05, 0.1) is 12.1 Å². The lowest BCUT2D eigenvalue weighted by Crippen LogP contribution is -2.49. The van der Waals surface area contributed by atoms with Crippen LogP contribution in [0.3, 0.4) is 0 Å². The Bertz CT molecular complexity index is 761. The molecule has 0 radical (unpaired) electrons. The van der Waals surface area contributed by atoms with Crippen LogP contribution in [0.15, 0.2) is 48.5 Å². The number of ether oxygens (including phenoxy) is 1. The topological polar surface area (TPSA) is 44.8 Å². The Kier molecular flexibility index (Phi) is 6.72. The van der Waals surface area contributed by atoms with Gasteiger partial charge < -0.3 is 15.0 Å². The Hall–Kier alpha value is -2.08. The number of amides is 1. The fourth-order valence-corrected chi connectivity index (χ4v) is 3.71. The number of anilines is 1. The molecule has 144 valence electrons. The van der Waals surface area contributed by atoms with Crippen molar-refractivity contribution in [3.63, 3.8) is 0 Å². The van der Waals surface area contributed by atoms with Gasteiger partial charge in [-0.2, -0.15) is 0 Å². The number of carbonyl (C=O) groups excluding carboxylic acids is 1. The first-order valence-corrected chi connectivity index (χ1v) is 9.66. The van der Waals surface area contributed by atoms with E-state index in [4.69, 9.17) is 16.3 Å². The average molecular weight is 388 g/mol. The minimum atomic E-state index is -0.328. The summed E-state index contributed by atoms with van der Waals surface area (Å²) in [6.45, 7) is 6.89. The molecule has 27 heavy (non-hydrogen) atoms. The highest BCUT2D eigenvalue weighted by atomic mass is 35.5. The molecule has 1 aliphatic heterocycles. The van der Waals surface area contributed by atoms with Crippen molar-refractivity contribution in [2.24, 2.45) is 0 Å². The van der Waals surface area contributed by atoms with E-state index in [9.17, 15) is 4.79 Å². The number of rotatable bonds is 6. The normalized spacial score (nSPS) is 16.7. The van der Waals surface area contributed by atoms with E-state index in [1.54, 1.807) is 25.3 Å². The van der Waals surface area contributed by atoms with Gasteiger partial charge in [0.15, 0.2) is 0 Å². The summed E-state index contributed by atoms with van der Waals surface area (Å²) >= 11 is 6.20. The summed E-state index contributed by atoms with van der Waals surface area (Å²) in [5.74, 6) is 0.539. The maximum Gasteiger partial charge on any atom is 0.246 e. The molecule has 1 amide bonds. The summed E-state index contributed by atoms with van der Waals surface area (Å²) in [7, 11) is 1.57. The second-order valence-electron chi connectivity index (χ2n) is 6.62. The molecule has 1 saturated heterocycles. The maximum atomic E-state index is 13.2. The van der Waals surface area contributed by atoms with Crippen LogP contribution in [0.5, 0.6) is 5.75 Å². The van der Waals surface area contributed by atoms with Crippen LogP contribution in [0, 0.1) is 0 Å². The van der Waals surface area contributed by atoms with Gasteiger partial charge in [0.25, 0.3) is 0 Å². The molecule has 1 aliphatic rings. The van der Waals surface area contributed by atoms with Crippen molar-refractivity contribution in [3.8, 4) is 5.75 Å². The van der Waals surface area contributed by atoms with Crippen molar-refractivity contribution in [2.75, 3.05) is 45.2 Å². The number of carbonyl (C=O) groups is 1. The molecule has 1 atom stereocenters. The second kappa shape index (κ2) is 9.22. The first-order chi connectivity index (χ1) is 13.1. The Balaban J connectivity index is 1.80. The van der Waals surface area contributed by atoms with Crippen LogP contribution < -0.4 is 10.1 Å². The SMILES string of the molecule is CCN1CCN(C(C(=O)Nc2ccc(OC)c(Cl)c2)c2ccccc2)CC1. The third kappa shape index (κ3) is 4.80. The smallest absolute Gasteiger partial charge is 0.246 e. The molecule has 3 rings (SSSR count). The number of benzene rings is 2. The Morgan fingerprint density at radius 2 is 1.85 bits per heavy atom. The van der Waals surface area contributed by atoms with Crippen LogP contribution in [-0.4, -0.2) is 55.5 Å². The number of nitrogens with one attached hydrogen (secondary N) is 1. The van der Waals surface area contributed by atoms with Gasteiger partial charge in [-0.25, -0.2) is 0 Å². The number of methoxy groups -OCH3 is 1. The van der Waals surface area contributed by atoms with Crippen molar-refractivity contribution in [2.45, 2.75) is 13.0 Å². The van der Waals surface area contributed by atoms with Gasteiger partial charge in [-0.05, 0) is 30.3 Å². The number of piperazine rings is 1. The number of nitrogens with zero attached hydrogens (tertiary/aromatic N) is 2. The van der Waals surface area contributed by atoms with Crippen molar-refractivity contribution in [1.29, 1.82) is 0 Å². The number of hydrogen-bond acceptors (Lipinski definition) is 4. The Labute approximate surface area is 165 Å². The van der Waals surface area contributed by atoms with E-state index in [1.165, 1.54) is 0 Å². The van der Waals surface area contributed by atoms with Crippen LogP contribution in [0.1, 0.15) is 18.5 Å². The van der Waals surface area contributed by atoms with Crippen LogP contribution in [0.4, 0.5) is 5.69 Å². The van der Waals surface area contributed by atoms with E-state index in [1.807, 2.05) is 30.3 Å². The van der Waals surface area contributed by atoms with E-state index in [0.29, 0.717) is 16.5 Å². The van der Waals surface area contributed by atoms with E-state index >= 15 is 0 Å². The largest absolute Gasteiger partial charge is 0.495 e. The zero-order chi connectivity index (χ0) is 19.2. The summed E-state index contributed by atoms with van der Waals surface area (Å²) in [5, 5.41) is 3.50. The predicted molar refractivity (Wildman–Crippen MR) is 110 cm³/mol. The maximum absolute atomic E-state index is 13.2. The van der Waals surface area contributed by atoms with Crippen molar-refractivity contribution in [1.82, 2.24) is 9.80 Å². The van der Waals surface area contributed by atoms with E-state index in [0.717, 1.165) is 38.3 Å². The standard InChI is InChI=1S/C21H26ClN3O2/c1-3-24-11-13-25(14-12-24)20(16-7-5-4-6-8-16)21(26)23-17-9-10-19(27-2)18(22)15-17/h4-10,15,20H,3,11-14H2,1-2H3,(H,23,26). The van der Waals surface area contributed by atoms with Crippen LogP contribution in [0.2, 0.25) is 5.02 Å². The summed E-state index contributed by atoms with van der Waals surface area (Å²) in [5.41, 5.74) is 1.67. The molecule has 0 aliphatic carbocycles. The first kappa shape index (κ1) is 19.7. The van der Waals surface area contributed by atoms with Crippen LogP contribution in [-0.2, 0) is 4.79 Å². The van der Waals surface area contributed by atoms with Gasteiger partial charge >= 0.3 is 0 Å². The van der Waals surface area contributed by atoms with Gasteiger partial charge in [0.2, 0.25) is 5.91 Å². The van der Waals surface area contributed by atoms with Crippen molar-refractivity contribution >= 4 is 23.2 Å². The average Bonchev–Trinajstić information content (AvgIpc) is 2.70. The lowest BCUT2D eigenvalue weighted by molar-refractivity contribution is -0.122. The summed E-state index contributed by atoms with van der Waals surface area (Å²) in [6.07, 6.45) is 0. The lowest BCUT2D eigenvalue weighted by atomic mass is 10.0. The molecule has 2 aromatic rings. The zero-order valence-corrected chi connectivity index (χ0v) is 16.6. The van der Waals surface area contributed by atoms with E-state index < -0.39 is 0 Å². The highest BCUT2D eigenvalue weighted by Gasteiger charge is 2.30. The van der Waals surface area contributed by atoms with E-state index in [2.05, 4.69) is 22.0 Å². The van der Waals surface area contributed by atoms with Gasteiger partial charge in [0, 0.05) is 31.9 Å². The molecule has 2 aromatic carbocycles. The summed E-state index contributed by atoms with van der Waals surface area (Å²) in [6, 6.07) is 14.9. The fraction of sp³-hybridized carbons (Fsp3) is 0.381. The summed E-state index contributed by atoms with van der Waals surface area (Å²) in [4.78, 5) is 17.8. The predicted octanol–water partition coefficient (Wildman–Crippen LogP) is 3.67. The Morgan fingerprint density at radius 1 is 1.15 bits per heavy atom. The third-order valence-electron chi connectivity index (χ3n) is 5.00. The van der Waals surface area contributed by atoms with Crippen molar-refractivity contribution in [3.05, 3.63) is 59.1 Å². The Morgan fingerprint density at radius 3 is 2.44 bits per heavy atom. The molecule has 1 unspecified atom stereocenters. The summed E-state index contributed by atoms with van der Waals surface area (Å²) < 4.78 is 5.18. The quantitative estimate of drug-likeness (QED) is 0.821. The molecule has 5 nitrogen and oxygen atoms in total. The molecule has 0 aromatic heterocycles. The highest BCUT2D eigenvalue weighted by molar-refractivity contribution is 6.32. The first-order valence-electron chi connectivity index (χ1n) is 9.28. The third-order valence-corrected chi connectivity index (χ3v) is 5.30. The minimum Gasteiger partial charge on any atom is -0.495 e. The van der Waals surface area contributed by atoms with Gasteiger partial charge in [-0.15, -0.1) is 0 Å². The number of halogens is 1. The highest BCUT2D eigenvalue weighted by Crippen LogP contribution is 2.29. The van der Waals surface area contributed by atoms with Gasteiger partial charge in [0.1, 0.15) is 11.8 Å². The monoisotopic (exact) mass is 387 g/mol. The van der Waals surface area contributed by atoms with Gasteiger partial charge in [-0.1, -0.05) is 48.9 Å². The molecule has 1 heterocycles. The van der Waals surface area contributed by atoms with E-state index in [-0.39, 0.29) is 11.9 Å². The molecule has 0 saturated carbocycles. The molecule has 0 spiro atoms.